The zero-order valence-electron chi connectivity index (χ0n) is 15.5. The van der Waals surface area contributed by atoms with E-state index in [1.165, 1.54) is 30.7 Å². The van der Waals surface area contributed by atoms with Crippen LogP contribution in [-0.2, 0) is 14.8 Å². The fourth-order valence-electron chi connectivity index (χ4n) is 3.04. The maximum absolute atomic E-state index is 12.8. The lowest BCUT2D eigenvalue weighted by Gasteiger charge is -2.19. The lowest BCUT2D eigenvalue weighted by atomic mass is 10.1. The van der Waals surface area contributed by atoms with Gasteiger partial charge in [-0.15, -0.1) is 0 Å². The molecule has 2 aromatic rings. The van der Waals surface area contributed by atoms with Crippen molar-refractivity contribution in [3.63, 3.8) is 0 Å². The fourth-order valence-corrected chi connectivity index (χ4v) is 4.59. The van der Waals surface area contributed by atoms with Crippen molar-refractivity contribution in [3.05, 3.63) is 53.6 Å². The summed E-state index contributed by atoms with van der Waals surface area (Å²) in [5, 5.41) is 2.70. The third kappa shape index (κ3) is 3.79. The lowest BCUT2D eigenvalue weighted by molar-refractivity contribution is 0.0597. The molecule has 3 rings (SSSR count). The standard InChI is InChI=1S/C19H20N2O6S/c1-26-17-9-8-13(21-10-5-11-28(21,24)25)12-16(17)20-18(22)14-6-3-4-7-15(14)19(23)27-2/h3-4,6-9,12H,5,10-11H2,1-2H3,(H,20,22). The highest BCUT2D eigenvalue weighted by molar-refractivity contribution is 7.93. The second-order valence-electron chi connectivity index (χ2n) is 6.12. The number of rotatable bonds is 5. The number of benzene rings is 2. The van der Waals surface area contributed by atoms with Gasteiger partial charge in [0, 0.05) is 6.54 Å². The number of carbonyl (C=O) groups is 2. The summed E-state index contributed by atoms with van der Waals surface area (Å²) in [7, 11) is -0.680. The third-order valence-corrected chi connectivity index (χ3v) is 6.27. The minimum atomic E-state index is -3.36. The molecule has 1 N–H and O–H groups in total. The SMILES string of the molecule is COC(=O)c1ccccc1C(=O)Nc1cc(N2CCCS2(=O)=O)ccc1OC. The third-order valence-electron chi connectivity index (χ3n) is 4.40. The number of nitrogens with zero attached hydrogens (tertiary/aromatic N) is 1. The van der Waals surface area contributed by atoms with E-state index in [4.69, 9.17) is 9.47 Å². The predicted octanol–water partition coefficient (Wildman–Crippen LogP) is 2.27. The highest BCUT2D eigenvalue weighted by Gasteiger charge is 2.29. The summed E-state index contributed by atoms with van der Waals surface area (Å²) in [4.78, 5) is 24.7. The van der Waals surface area contributed by atoms with Crippen LogP contribution in [0.15, 0.2) is 42.5 Å². The van der Waals surface area contributed by atoms with E-state index in [9.17, 15) is 18.0 Å². The van der Waals surface area contributed by atoms with Gasteiger partial charge in [0.1, 0.15) is 5.75 Å². The summed E-state index contributed by atoms with van der Waals surface area (Å²) in [6, 6.07) is 11.0. The van der Waals surface area contributed by atoms with Gasteiger partial charge in [-0.3, -0.25) is 9.10 Å². The van der Waals surface area contributed by atoms with Crippen molar-refractivity contribution in [3.8, 4) is 5.75 Å². The Labute approximate surface area is 163 Å². The average molecular weight is 404 g/mol. The van der Waals surface area contributed by atoms with Crippen molar-refractivity contribution in [1.82, 2.24) is 0 Å². The van der Waals surface area contributed by atoms with Crippen LogP contribution in [0, 0.1) is 0 Å². The van der Waals surface area contributed by atoms with E-state index in [0.29, 0.717) is 30.1 Å². The summed E-state index contributed by atoms with van der Waals surface area (Å²) in [5.41, 5.74) is 0.997. The molecule has 0 saturated carbocycles. The minimum Gasteiger partial charge on any atom is -0.495 e. The number of hydrogen-bond acceptors (Lipinski definition) is 6. The first-order valence-corrected chi connectivity index (χ1v) is 10.2. The maximum Gasteiger partial charge on any atom is 0.338 e. The van der Waals surface area contributed by atoms with Gasteiger partial charge in [0.25, 0.3) is 5.91 Å². The monoisotopic (exact) mass is 404 g/mol. The van der Waals surface area contributed by atoms with Gasteiger partial charge in [-0.25, -0.2) is 13.2 Å². The number of hydrogen-bond donors (Lipinski definition) is 1. The number of amides is 1. The van der Waals surface area contributed by atoms with Crippen LogP contribution >= 0.6 is 0 Å². The Kier molecular flexibility index (Phi) is 5.55. The number of methoxy groups -OCH3 is 2. The lowest BCUT2D eigenvalue weighted by Crippen LogP contribution is -2.25. The Bertz CT molecular complexity index is 1020. The molecule has 2 aromatic carbocycles. The second-order valence-corrected chi connectivity index (χ2v) is 8.13. The number of carbonyl (C=O) groups excluding carboxylic acids is 2. The molecule has 1 amide bonds. The first-order chi connectivity index (χ1) is 13.4. The van der Waals surface area contributed by atoms with Crippen LogP contribution in [0.5, 0.6) is 5.75 Å². The maximum atomic E-state index is 12.8. The van der Waals surface area contributed by atoms with Gasteiger partial charge in [0.15, 0.2) is 0 Å². The Morgan fingerprint density at radius 3 is 2.39 bits per heavy atom. The molecule has 0 aromatic heterocycles. The van der Waals surface area contributed by atoms with Gasteiger partial charge in [-0.05, 0) is 36.8 Å². The number of esters is 1. The molecule has 0 spiro atoms. The molecule has 0 unspecified atom stereocenters. The molecule has 1 aliphatic rings. The molecule has 1 fully saturated rings. The molecular weight excluding hydrogens is 384 g/mol. The molecule has 0 aliphatic carbocycles. The summed E-state index contributed by atoms with van der Waals surface area (Å²) in [6.45, 7) is 0.382. The molecule has 0 radical (unpaired) electrons. The van der Waals surface area contributed by atoms with Crippen LogP contribution in [0.3, 0.4) is 0 Å². The molecule has 1 heterocycles. The molecule has 28 heavy (non-hydrogen) atoms. The molecule has 1 saturated heterocycles. The van der Waals surface area contributed by atoms with E-state index >= 15 is 0 Å². The molecule has 0 bridgehead atoms. The molecule has 148 valence electrons. The van der Waals surface area contributed by atoms with Crippen LogP contribution in [-0.4, -0.2) is 46.8 Å². The first-order valence-electron chi connectivity index (χ1n) is 8.54. The van der Waals surface area contributed by atoms with E-state index in [0.717, 1.165) is 0 Å². The number of anilines is 2. The van der Waals surface area contributed by atoms with Crippen LogP contribution < -0.4 is 14.4 Å². The quantitative estimate of drug-likeness (QED) is 0.767. The van der Waals surface area contributed by atoms with Crippen molar-refractivity contribution >= 4 is 33.3 Å². The summed E-state index contributed by atoms with van der Waals surface area (Å²) in [5.74, 6) is -0.715. The van der Waals surface area contributed by atoms with E-state index in [1.54, 1.807) is 30.3 Å². The Morgan fingerprint density at radius 2 is 1.79 bits per heavy atom. The summed E-state index contributed by atoms with van der Waals surface area (Å²) in [6.07, 6.45) is 0.544. The van der Waals surface area contributed by atoms with Gasteiger partial charge < -0.3 is 14.8 Å². The molecule has 0 atom stereocenters. The highest BCUT2D eigenvalue weighted by Crippen LogP contribution is 2.33. The van der Waals surface area contributed by atoms with Crippen LogP contribution in [0.25, 0.3) is 0 Å². The van der Waals surface area contributed by atoms with Gasteiger partial charge in [-0.1, -0.05) is 12.1 Å². The van der Waals surface area contributed by atoms with Crippen molar-refractivity contribution in [2.75, 3.05) is 36.1 Å². The van der Waals surface area contributed by atoms with Crippen LogP contribution in [0.2, 0.25) is 0 Å². The molecule has 9 heteroatoms. The second kappa shape index (κ2) is 7.89. The molecule has 1 aliphatic heterocycles. The molecular formula is C19H20N2O6S. The molecule has 8 nitrogen and oxygen atoms in total. The van der Waals surface area contributed by atoms with E-state index < -0.39 is 21.9 Å². The fraction of sp³-hybridized carbons (Fsp3) is 0.263. The van der Waals surface area contributed by atoms with E-state index in [-0.39, 0.29) is 16.9 Å². The zero-order chi connectivity index (χ0) is 20.3. The Balaban J connectivity index is 1.95. The zero-order valence-corrected chi connectivity index (χ0v) is 16.3. The highest BCUT2D eigenvalue weighted by atomic mass is 32.2. The number of ether oxygens (including phenoxy) is 2. The van der Waals surface area contributed by atoms with E-state index in [2.05, 4.69) is 5.32 Å². The summed E-state index contributed by atoms with van der Waals surface area (Å²) < 4.78 is 35.7. The van der Waals surface area contributed by atoms with Gasteiger partial charge in [0.2, 0.25) is 10.0 Å². The predicted molar refractivity (Wildman–Crippen MR) is 104 cm³/mol. The van der Waals surface area contributed by atoms with Crippen molar-refractivity contribution in [2.45, 2.75) is 6.42 Å². The van der Waals surface area contributed by atoms with Crippen LogP contribution in [0.1, 0.15) is 27.1 Å². The van der Waals surface area contributed by atoms with Gasteiger partial charge in [0.05, 0.1) is 42.5 Å². The minimum absolute atomic E-state index is 0.0905. The van der Waals surface area contributed by atoms with Crippen molar-refractivity contribution in [2.24, 2.45) is 0 Å². The Hall–Kier alpha value is -3.07. The number of sulfonamides is 1. The largest absolute Gasteiger partial charge is 0.495 e. The normalized spacial score (nSPS) is 15.1. The number of nitrogens with one attached hydrogen (secondary N) is 1. The first kappa shape index (κ1) is 19.7. The average Bonchev–Trinajstić information content (AvgIpc) is 3.06. The smallest absolute Gasteiger partial charge is 0.338 e. The van der Waals surface area contributed by atoms with Crippen LogP contribution in [0.4, 0.5) is 11.4 Å². The topological polar surface area (TPSA) is 102 Å². The van der Waals surface area contributed by atoms with Gasteiger partial charge in [-0.2, -0.15) is 0 Å². The van der Waals surface area contributed by atoms with E-state index in [1.807, 2.05) is 0 Å². The summed E-state index contributed by atoms with van der Waals surface area (Å²) >= 11 is 0. The van der Waals surface area contributed by atoms with Crippen molar-refractivity contribution in [1.29, 1.82) is 0 Å². The van der Waals surface area contributed by atoms with Crippen molar-refractivity contribution < 1.29 is 27.5 Å². The van der Waals surface area contributed by atoms with Gasteiger partial charge >= 0.3 is 5.97 Å². The Morgan fingerprint density at radius 1 is 1.07 bits per heavy atom.